The number of benzene rings is 3. The van der Waals surface area contributed by atoms with E-state index in [2.05, 4.69) is 21.2 Å². The maximum absolute atomic E-state index is 12.4. The number of halogens is 2. The van der Waals surface area contributed by atoms with Crippen LogP contribution in [0.25, 0.3) is 11.1 Å². The van der Waals surface area contributed by atoms with Crippen LogP contribution in [-0.4, -0.2) is 17.6 Å². The van der Waals surface area contributed by atoms with Crippen molar-refractivity contribution in [3.8, 4) is 11.1 Å². The second-order valence-corrected chi connectivity index (χ2v) is 7.85. The molecule has 0 bridgehead atoms. The number of aliphatic hydroxyl groups is 1. The summed E-state index contributed by atoms with van der Waals surface area (Å²) < 4.78 is 0.764. The van der Waals surface area contributed by atoms with Crippen LogP contribution in [0.3, 0.4) is 0 Å². The molecule has 0 saturated heterocycles. The molecule has 3 aromatic rings. The average Bonchev–Trinajstić information content (AvgIpc) is 2.69. The fraction of sp³-hybridized carbons (Fsp3) is 0.136. The fourth-order valence-corrected chi connectivity index (χ4v) is 3.34. The molecule has 0 aliphatic heterocycles. The molecule has 1 amide bonds. The maximum atomic E-state index is 12.4. The van der Waals surface area contributed by atoms with Crippen LogP contribution in [0.15, 0.2) is 77.3 Å². The predicted octanol–water partition coefficient (Wildman–Crippen LogP) is 5.41. The van der Waals surface area contributed by atoms with E-state index in [9.17, 15) is 9.90 Å². The molecule has 0 aromatic heterocycles. The standard InChI is InChI=1S/C22H19BrClNO2/c1-22(27,14-25-21(26)19-13-18(23)11-12-20(19)24)17-9-7-16(8-10-17)15-5-3-2-4-6-15/h2-13,27H,14H2,1H3,(H,25,26). The minimum absolute atomic E-state index is 0.0688. The number of rotatable bonds is 5. The third-order valence-electron chi connectivity index (χ3n) is 4.38. The first-order valence-electron chi connectivity index (χ1n) is 8.48. The van der Waals surface area contributed by atoms with Crippen LogP contribution < -0.4 is 5.32 Å². The Morgan fingerprint density at radius 3 is 2.33 bits per heavy atom. The number of carbonyl (C=O) groups is 1. The van der Waals surface area contributed by atoms with Gasteiger partial charge in [-0.15, -0.1) is 0 Å². The zero-order chi connectivity index (χ0) is 19.4. The monoisotopic (exact) mass is 443 g/mol. The third-order valence-corrected chi connectivity index (χ3v) is 5.20. The molecule has 0 spiro atoms. The number of nitrogens with one attached hydrogen (secondary N) is 1. The van der Waals surface area contributed by atoms with Gasteiger partial charge in [-0.2, -0.15) is 0 Å². The number of carbonyl (C=O) groups excluding carboxylic acids is 1. The van der Waals surface area contributed by atoms with Gasteiger partial charge in [0.2, 0.25) is 0 Å². The molecule has 138 valence electrons. The van der Waals surface area contributed by atoms with E-state index < -0.39 is 5.60 Å². The predicted molar refractivity (Wildman–Crippen MR) is 113 cm³/mol. The zero-order valence-electron chi connectivity index (χ0n) is 14.7. The van der Waals surface area contributed by atoms with Crippen molar-refractivity contribution >= 4 is 33.4 Å². The van der Waals surface area contributed by atoms with Crippen LogP contribution in [-0.2, 0) is 5.60 Å². The van der Waals surface area contributed by atoms with Gasteiger partial charge in [0.05, 0.1) is 17.1 Å². The molecule has 1 unspecified atom stereocenters. The maximum Gasteiger partial charge on any atom is 0.252 e. The highest BCUT2D eigenvalue weighted by atomic mass is 79.9. The smallest absolute Gasteiger partial charge is 0.252 e. The minimum Gasteiger partial charge on any atom is -0.384 e. The van der Waals surface area contributed by atoms with E-state index in [4.69, 9.17) is 11.6 Å². The van der Waals surface area contributed by atoms with Gasteiger partial charge >= 0.3 is 0 Å². The SMILES string of the molecule is CC(O)(CNC(=O)c1cc(Br)ccc1Cl)c1ccc(-c2ccccc2)cc1. The number of hydrogen-bond acceptors (Lipinski definition) is 2. The minimum atomic E-state index is -1.20. The van der Waals surface area contributed by atoms with Gasteiger partial charge in [0.1, 0.15) is 5.60 Å². The summed E-state index contributed by atoms with van der Waals surface area (Å²) in [6.45, 7) is 1.74. The number of hydrogen-bond donors (Lipinski definition) is 2. The van der Waals surface area contributed by atoms with Gasteiger partial charge < -0.3 is 10.4 Å². The van der Waals surface area contributed by atoms with Gasteiger partial charge in [0.25, 0.3) is 5.91 Å². The van der Waals surface area contributed by atoms with E-state index in [0.29, 0.717) is 10.6 Å². The zero-order valence-corrected chi connectivity index (χ0v) is 17.1. The lowest BCUT2D eigenvalue weighted by atomic mass is 9.93. The second-order valence-electron chi connectivity index (χ2n) is 6.52. The molecule has 27 heavy (non-hydrogen) atoms. The molecular weight excluding hydrogens is 426 g/mol. The Hall–Kier alpha value is -2.14. The van der Waals surface area contributed by atoms with Gasteiger partial charge in [-0.25, -0.2) is 0 Å². The van der Waals surface area contributed by atoms with Gasteiger partial charge in [0.15, 0.2) is 0 Å². The molecular formula is C22H19BrClNO2. The van der Waals surface area contributed by atoms with Gasteiger partial charge in [-0.1, -0.05) is 82.1 Å². The molecule has 5 heteroatoms. The average molecular weight is 445 g/mol. The highest BCUT2D eigenvalue weighted by Gasteiger charge is 2.24. The first-order chi connectivity index (χ1) is 12.9. The van der Waals surface area contributed by atoms with E-state index in [0.717, 1.165) is 21.2 Å². The van der Waals surface area contributed by atoms with E-state index in [1.807, 2.05) is 54.6 Å². The Kier molecular flexibility index (Phi) is 6.00. The Bertz CT molecular complexity index is 940. The molecule has 1 atom stereocenters. The molecule has 0 fully saturated rings. The van der Waals surface area contributed by atoms with Crippen LogP contribution in [0.4, 0.5) is 0 Å². The molecule has 0 saturated carbocycles. The fourth-order valence-electron chi connectivity index (χ4n) is 2.77. The molecule has 3 nitrogen and oxygen atoms in total. The summed E-state index contributed by atoms with van der Waals surface area (Å²) in [4.78, 5) is 12.4. The summed E-state index contributed by atoms with van der Waals surface area (Å²) in [5.74, 6) is -0.331. The van der Waals surface area contributed by atoms with Gasteiger partial charge in [-0.05, 0) is 41.8 Å². The summed E-state index contributed by atoms with van der Waals surface area (Å²) in [5.41, 5.74) is 2.06. The van der Waals surface area contributed by atoms with E-state index in [1.54, 1.807) is 25.1 Å². The quantitative estimate of drug-likeness (QED) is 0.553. The summed E-state index contributed by atoms with van der Waals surface area (Å²) in [6.07, 6.45) is 0. The molecule has 0 aliphatic rings. The second kappa shape index (κ2) is 8.26. The van der Waals surface area contributed by atoms with Crippen LogP contribution >= 0.6 is 27.5 Å². The van der Waals surface area contributed by atoms with Gasteiger partial charge in [-0.3, -0.25) is 4.79 Å². The first-order valence-corrected chi connectivity index (χ1v) is 9.65. The first kappa shape index (κ1) is 19.6. The summed E-state index contributed by atoms with van der Waals surface area (Å²) >= 11 is 9.42. The van der Waals surface area contributed by atoms with Crippen LogP contribution in [0.1, 0.15) is 22.8 Å². The van der Waals surface area contributed by atoms with E-state index >= 15 is 0 Å². The topological polar surface area (TPSA) is 49.3 Å². The lowest BCUT2D eigenvalue weighted by molar-refractivity contribution is 0.0526. The van der Waals surface area contributed by atoms with Crippen molar-refractivity contribution < 1.29 is 9.90 Å². The Morgan fingerprint density at radius 2 is 1.67 bits per heavy atom. The Morgan fingerprint density at radius 1 is 1.04 bits per heavy atom. The highest BCUT2D eigenvalue weighted by Crippen LogP contribution is 2.25. The molecule has 0 radical (unpaired) electrons. The third kappa shape index (κ3) is 4.78. The van der Waals surface area contributed by atoms with Gasteiger partial charge in [0, 0.05) is 4.47 Å². The van der Waals surface area contributed by atoms with Crippen molar-refractivity contribution in [2.24, 2.45) is 0 Å². The van der Waals surface area contributed by atoms with E-state index in [1.165, 1.54) is 0 Å². The lowest BCUT2D eigenvalue weighted by Crippen LogP contribution is -2.38. The summed E-state index contributed by atoms with van der Waals surface area (Å²) in [5, 5.41) is 13.9. The van der Waals surface area contributed by atoms with Crippen LogP contribution in [0, 0.1) is 0 Å². The van der Waals surface area contributed by atoms with Crippen molar-refractivity contribution in [2.75, 3.05) is 6.54 Å². The lowest BCUT2D eigenvalue weighted by Gasteiger charge is -2.24. The summed E-state index contributed by atoms with van der Waals surface area (Å²) in [6, 6.07) is 22.8. The Balaban J connectivity index is 1.71. The van der Waals surface area contributed by atoms with Crippen molar-refractivity contribution in [1.29, 1.82) is 0 Å². The van der Waals surface area contributed by atoms with Crippen molar-refractivity contribution in [1.82, 2.24) is 5.32 Å². The van der Waals surface area contributed by atoms with Crippen molar-refractivity contribution in [2.45, 2.75) is 12.5 Å². The van der Waals surface area contributed by atoms with Crippen molar-refractivity contribution in [3.63, 3.8) is 0 Å². The van der Waals surface area contributed by atoms with Crippen LogP contribution in [0.5, 0.6) is 0 Å². The molecule has 3 rings (SSSR count). The van der Waals surface area contributed by atoms with Crippen LogP contribution in [0.2, 0.25) is 5.02 Å². The Labute approximate surface area is 172 Å². The number of amides is 1. The summed E-state index contributed by atoms with van der Waals surface area (Å²) in [7, 11) is 0. The van der Waals surface area contributed by atoms with Crippen molar-refractivity contribution in [3.05, 3.63) is 93.4 Å². The largest absolute Gasteiger partial charge is 0.384 e. The molecule has 0 heterocycles. The normalized spacial score (nSPS) is 13.0. The molecule has 3 aromatic carbocycles. The highest BCUT2D eigenvalue weighted by molar-refractivity contribution is 9.10. The molecule has 2 N–H and O–H groups in total. The molecule has 0 aliphatic carbocycles. The van der Waals surface area contributed by atoms with E-state index in [-0.39, 0.29) is 12.5 Å².